The number of fused-ring (bicyclic) bond motifs is 2. The molecule has 20 heavy (non-hydrogen) atoms. The highest BCUT2D eigenvalue weighted by Crippen LogP contribution is 2.34. The summed E-state index contributed by atoms with van der Waals surface area (Å²) in [6, 6.07) is 3.32. The molecule has 0 saturated heterocycles. The Labute approximate surface area is 115 Å². The van der Waals surface area contributed by atoms with Gasteiger partial charge in [-0.25, -0.2) is 4.79 Å². The standard InChI is InChI=1S/C16H14O4/c1-7-5-13(18)20-15-8(2)16-12(6-11(7)15)14(9(3)17)10(4)19-16/h5-6H,1-4H3. The number of carbonyl (C=O) groups excluding carboxylic acids is 1. The summed E-state index contributed by atoms with van der Waals surface area (Å²) in [4.78, 5) is 23.3. The first-order valence-corrected chi connectivity index (χ1v) is 6.38. The number of benzene rings is 1. The van der Waals surface area contributed by atoms with Gasteiger partial charge < -0.3 is 8.83 Å². The van der Waals surface area contributed by atoms with Gasteiger partial charge in [0.1, 0.15) is 16.9 Å². The van der Waals surface area contributed by atoms with Crippen molar-refractivity contribution in [2.75, 3.05) is 0 Å². The monoisotopic (exact) mass is 270 g/mol. The number of aryl methyl sites for hydroxylation is 3. The third-order valence-electron chi connectivity index (χ3n) is 3.65. The molecule has 0 aliphatic rings. The lowest BCUT2D eigenvalue weighted by atomic mass is 10.0. The first-order valence-electron chi connectivity index (χ1n) is 6.38. The van der Waals surface area contributed by atoms with Gasteiger partial charge in [0, 0.05) is 22.4 Å². The topological polar surface area (TPSA) is 60.4 Å². The molecule has 1 aromatic carbocycles. The maximum Gasteiger partial charge on any atom is 0.336 e. The Hall–Kier alpha value is -2.36. The van der Waals surface area contributed by atoms with Crippen molar-refractivity contribution >= 4 is 27.7 Å². The molecule has 3 aromatic rings. The molecule has 2 aromatic heterocycles. The number of hydrogen-bond acceptors (Lipinski definition) is 4. The van der Waals surface area contributed by atoms with E-state index in [1.807, 2.05) is 19.9 Å². The molecule has 102 valence electrons. The fourth-order valence-corrected chi connectivity index (χ4v) is 2.74. The van der Waals surface area contributed by atoms with Crippen LogP contribution < -0.4 is 5.63 Å². The number of rotatable bonds is 1. The molecule has 0 aliphatic heterocycles. The normalized spacial score (nSPS) is 11.4. The summed E-state index contributed by atoms with van der Waals surface area (Å²) in [5, 5.41) is 1.61. The lowest BCUT2D eigenvalue weighted by molar-refractivity contribution is 0.101. The summed E-state index contributed by atoms with van der Waals surface area (Å²) in [6.45, 7) is 6.98. The van der Waals surface area contributed by atoms with E-state index in [-0.39, 0.29) is 11.4 Å². The Balaban J connectivity index is 2.61. The van der Waals surface area contributed by atoms with Crippen molar-refractivity contribution in [3.05, 3.63) is 45.0 Å². The molecule has 0 fully saturated rings. The minimum Gasteiger partial charge on any atom is -0.460 e. The smallest absolute Gasteiger partial charge is 0.336 e. The highest BCUT2D eigenvalue weighted by atomic mass is 16.4. The number of furan rings is 1. The van der Waals surface area contributed by atoms with Crippen LogP contribution in [-0.2, 0) is 0 Å². The zero-order valence-corrected chi connectivity index (χ0v) is 11.8. The number of Topliss-reactive ketones (excluding diaryl/α,β-unsaturated/α-hetero) is 1. The van der Waals surface area contributed by atoms with Crippen LogP contribution in [0.5, 0.6) is 0 Å². The SMILES string of the molecule is CC(=O)c1c(C)oc2c(C)c3oc(=O)cc(C)c3cc12. The second-order valence-corrected chi connectivity index (χ2v) is 5.09. The predicted molar refractivity (Wildman–Crippen MR) is 76.5 cm³/mol. The van der Waals surface area contributed by atoms with Crippen LogP contribution in [0.25, 0.3) is 21.9 Å². The van der Waals surface area contributed by atoms with E-state index in [9.17, 15) is 9.59 Å². The maximum atomic E-state index is 11.8. The van der Waals surface area contributed by atoms with Gasteiger partial charge in [-0.05, 0) is 39.3 Å². The molecule has 0 N–H and O–H groups in total. The van der Waals surface area contributed by atoms with Gasteiger partial charge in [-0.15, -0.1) is 0 Å². The molecule has 0 aliphatic carbocycles. The van der Waals surface area contributed by atoms with E-state index >= 15 is 0 Å². The fraction of sp³-hybridized carbons (Fsp3) is 0.250. The summed E-state index contributed by atoms with van der Waals surface area (Å²) in [5.74, 6) is 0.556. The second-order valence-electron chi connectivity index (χ2n) is 5.09. The summed E-state index contributed by atoms with van der Waals surface area (Å²) >= 11 is 0. The summed E-state index contributed by atoms with van der Waals surface area (Å²) < 4.78 is 11.0. The second kappa shape index (κ2) is 4.07. The van der Waals surface area contributed by atoms with Crippen LogP contribution >= 0.6 is 0 Å². The minimum atomic E-state index is -0.382. The van der Waals surface area contributed by atoms with Gasteiger partial charge in [-0.1, -0.05) is 0 Å². The maximum absolute atomic E-state index is 11.8. The number of hydrogen-bond donors (Lipinski definition) is 0. The molecule has 0 unspecified atom stereocenters. The lowest BCUT2D eigenvalue weighted by Gasteiger charge is -2.04. The van der Waals surface area contributed by atoms with E-state index in [0.717, 1.165) is 21.9 Å². The zero-order chi connectivity index (χ0) is 14.6. The van der Waals surface area contributed by atoms with Gasteiger partial charge in [0.25, 0.3) is 0 Å². The summed E-state index contributed by atoms with van der Waals surface area (Å²) in [6.07, 6.45) is 0. The zero-order valence-electron chi connectivity index (χ0n) is 11.8. The first kappa shape index (κ1) is 12.7. The van der Waals surface area contributed by atoms with Crippen LogP contribution in [0, 0.1) is 20.8 Å². The molecule has 0 saturated carbocycles. The molecule has 3 rings (SSSR count). The first-order chi connectivity index (χ1) is 9.40. The highest BCUT2D eigenvalue weighted by molar-refractivity contribution is 6.11. The van der Waals surface area contributed by atoms with Gasteiger partial charge in [-0.3, -0.25) is 4.79 Å². The molecule has 4 heteroatoms. The number of ketones is 1. The molecule has 0 amide bonds. The van der Waals surface area contributed by atoms with Crippen LogP contribution in [0.15, 0.2) is 25.8 Å². The number of carbonyl (C=O) groups is 1. The van der Waals surface area contributed by atoms with E-state index in [2.05, 4.69) is 0 Å². The summed E-state index contributed by atoms with van der Waals surface area (Å²) in [7, 11) is 0. The average molecular weight is 270 g/mol. The molecule has 4 nitrogen and oxygen atoms in total. The molecular weight excluding hydrogens is 256 g/mol. The van der Waals surface area contributed by atoms with E-state index in [0.29, 0.717) is 22.5 Å². The van der Waals surface area contributed by atoms with Crippen molar-refractivity contribution in [1.29, 1.82) is 0 Å². The van der Waals surface area contributed by atoms with Crippen molar-refractivity contribution < 1.29 is 13.6 Å². The molecule has 0 spiro atoms. The third kappa shape index (κ3) is 1.61. The Morgan fingerprint density at radius 2 is 1.65 bits per heavy atom. The van der Waals surface area contributed by atoms with Gasteiger partial charge in [-0.2, -0.15) is 0 Å². The molecule has 0 radical (unpaired) electrons. The van der Waals surface area contributed by atoms with E-state index < -0.39 is 0 Å². The van der Waals surface area contributed by atoms with Crippen molar-refractivity contribution in [1.82, 2.24) is 0 Å². The van der Waals surface area contributed by atoms with Crippen molar-refractivity contribution in [3.8, 4) is 0 Å². The van der Waals surface area contributed by atoms with Crippen LogP contribution in [0.4, 0.5) is 0 Å². The van der Waals surface area contributed by atoms with Gasteiger partial charge in [0.2, 0.25) is 0 Å². The average Bonchev–Trinajstić information content (AvgIpc) is 2.68. The van der Waals surface area contributed by atoms with Gasteiger partial charge >= 0.3 is 5.63 Å². The van der Waals surface area contributed by atoms with E-state index in [1.165, 1.54) is 13.0 Å². The summed E-state index contributed by atoms with van der Waals surface area (Å²) in [5.41, 5.74) is 2.91. The fourth-order valence-electron chi connectivity index (χ4n) is 2.74. The van der Waals surface area contributed by atoms with Crippen LogP contribution in [0.3, 0.4) is 0 Å². The Morgan fingerprint density at radius 3 is 2.30 bits per heavy atom. The van der Waals surface area contributed by atoms with Crippen molar-refractivity contribution in [3.63, 3.8) is 0 Å². The third-order valence-corrected chi connectivity index (χ3v) is 3.65. The van der Waals surface area contributed by atoms with Crippen molar-refractivity contribution in [2.45, 2.75) is 27.7 Å². The Bertz CT molecular complexity index is 925. The largest absolute Gasteiger partial charge is 0.460 e. The van der Waals surface area contributed by atoms with Crippen LogP contribution in [-0.4, -0.2) is 5.78 Å². The minimum absolute atomic E-state index is 0.0324. The van der Waals surface area contributed by atoms with E-state index in [4.69, 9.17) is 8.83 Å². The van der Waals surface area contributed by atoms with Crippen LogP contribution in [0.2, 0.25) is 0 Å². The van der Waals surface area contributed by atoms with Crippen LogP contribution in [0.1, 0.15) is 34.2 Å². The Kier molecular flexibility index (Phi) is 2.57. The molecule has 0 atom stereocenters. The molecule has 0 bridgehead atoms. The molecular formula is C16H14O4. The van der Waals surface area contributed by atoms with Gasteiger partial charge in [0.05, 0.1) is 5.56 Å². The van der Waals surface area contributed by atoms with Crippen molar-refractivity contribution in [2.24, 2.45) is 0 Å². The van der Waals surface area contributed by atoms with Gasteiger partial charge in [0.15, 0.2) is 5.78 Å². The molecule has 2 heterocycles. The lowest BCUT2D eigenvalue weighted by Crippen LogP contribution is -1.99. The Morgan fingerprint density at radius 1 is 1.00 bits per heavy atom. The predicted octanol–water partition coefficient (Wildman–Crippen LogP) is 3.67. The van der Waals surface area contributed by atoms with E-state index in [1.54, 1.807) is 6.92 Å². The quantitative estimate of drug-likeness (QED) is 0.500. The highest BCUT2D eigenvalue weighted by Gasteiger charge is 2.19.